The fourth-order valence-electron chi connectivity index (χ4n) is 2.22. The topological polar surface area (TPSA) is 58.6 Å². The van der Waals surface area contributed by atoms with E-state index in [9.17, 15) is 9.90 Å². The van der Waals surface area contributed by atoms with Gasteiger partial charge in [0.15, 0.2) is 0 Å². The first-order valence-corrected chi connectivity index (χ1v) is 7.29. The zero-order chi connectivity index (χ0) is 15.9. The number of hydrogen-bond acceptors (Lipinski definition) is 3. The molecule has 0 bridgehead atoms. The molecule has 1 atom stereocenters. The summed E-state index contributed by atoms with van der Waals surface area (Å²) in [6, 6.07) is 14.1. The summed E-state index contributed by atoms with van der Waals surface area (Å²) in [5.74, 6) is 0.406. The third-order valence-corrected chi connectivity index (χ3v) is 3.55. The fourth-order valence-corrected chi connectivity index (χ4v) is 2.42. The lowest BCUT2D eigenvalue weighted by Crippen LogP contribution is -2.32. The molecule has 116 valence electrons. The van der Waals surface area contributed by atoms with Crippen LogP contribution >= 0.6 is 11.6 Å². The Morgan fingerprint density at radius 3 is 2.64 bits per heavy atom. The molecule has 2 rings (SSSR count). The largest absolute Gasteiger partial charge is 0.496 e. The zero-order valence-electron chi connectivity index (χ0n) is 12.3. The van der Waals surface area contributed by atoms with Crippen molar-refractivity contribution in [3.63, 3.8) is 0 Å². The quantitative estimate of drug-likeness (QED) is 0.860. The maximum absolute atomic E-state index is 12.2. The number of hydrogen-bond donors (Lipinski definition) is 2. The number of halogens is 1. The smallest absolute Gasteiger partial charge is 0.225 e. The summed E-state index contributed by atoms with van der Waals surface area (Å²) in [6.45, 7) is -0.164. The Labute approximate surface area is 134 Å². The average molecular weight is 320 g/mol. The number of methoxy groups -OCH3 is 1. The molecule has 4 nitrogen and oxygen atoms in total. The van der Waals surface area contributed by atoms with Gasteiger partial charge in [-0.2, -0.15) is 0 Å². The van der Waals surface area contributed by atoms with Gasteiger partial charge in [0, 0.05) is 10.6 Å². The highest BCUT2D eigenvalue weighted by Crippen LogP contribution is 2.23. The molecule has 2 aromatic rings. The summed E-state index contributed by atoms with van der Waals surface area (Å²) in [5, 5.41) is 12.8. The number of carbonyl (C=O) groups excluding carboxylic acids is 1. The molecule has 1 amide bonds. The van der Waals surface area contributed by atoms with Gasteiger partial charge < -0.3 is 15.2 Å². The van der Waals surface area contributed by atoms with Crippen LogP contribution in [0.25, 0.3) is 0 Å². The molecule has 2 aromatic carbocycles. The van der Waals surface area contributed by atoms with Gasteiger partial charge in [-0.05, 0) is 23.8 Å². The molecule has 0 heterocycles. The van der Waals surface area contributed by atoms with E-state index in [1.54, 1.807) is 25.3 Å². The zero-order valence-corrected chi connectivity index (χ0v) is 13.0. The van der Waals surface area contributed by atoms with Gasteiger partial charge in [0.05, 0.1) is 26.2 Å². The Morgan fingerprint density at radius 1 is 1.27 bits per heavy atom. The molecule has 0 fully saturated rings. The minimum atomic E-state index is -0.432. The Hall–Kier alpha value is -2.04. The third-order valence-electron chi connectivity index (χ3n) is 3.31. The molecule has 0 radical (unpaired) electrons. The van der Waals surface area contributed by atoms with Crippen LogP contribution in [0.1, 0.15) is 17.2 Å². The maximum atomic E-state index is 12.2. The molecule has 0 aromatic heterocycles. The number of ether oxygens (including phenoxy) is 1. The summed E-state index contributed by atoms with van der Waals surface area (Å²) in [4.78, 5) is 12.2. The fraction of sp³-hybridized carbons (Fsp3) is 0.235. The average Bonchev–Trinajstić information content (AvgIpc) is 2.53. The van der Waals surface area contributed by atoms with E-state index in [1.807, 2.05) is 30.3 Å². The van der Waals surface area contributed by atoms with E-state index >= 15 is 0 Å². The van der Waals surface area contributed by atoms with Crippen LogP contribution in [0.5, 0.6) is 5.75 Å². The first-order chi connectivity index (χ1) is 10.6. The highest BCUT2D eigenvalue weighted by Gasteiger charge is 2.15. The van der Waals surface area contributed by atoms with Crippen molar-refractivity contribution in [1.82, 2.24) is 5.32 Å². The maximum Gasteiger partial charge on any atom is 0.225 e. The van der Waals surface area contributed by atoms with E-state index < -0.39 is 6.04 Å². The molecule has 2 N–H and O–H groups in total. The van der Waals surface area contributed by atoms with Crippen LogP contribution in [0.15, 0.2) is 48.5 Å². The third kappa shape index (κ3) is 4.23. The van der Waals surface area contributed by atoms with Crippen molar-refractivity contribution in [3.8, 4) is 5.75 Å². The Kier molecular flexibility index (Phi) is 5.81. The minimum absolute atomic E-state index is 0.132. The first-order valence-electron chi connectivity index (χ1n) is 6.91. The second-order valence-corrected chi connectivity index (χ2v) is 5.28. The minimum Gasteiger partial charge on any atom is -0.496 e. The van der Waals surface area contributed by atoms with E-state index in [1.165, 1.54) is 0 Å². The van der Waals surface area contributed by atoms with Crippen molar-refractivity contribution >= 4 is 17.5 Å². The normalized spacial score (nSPS) is 11.8. The summed E-state index contributed by atoms with van der Waals surface area (Å²) in [6.07, 6.45) is 0.132. The van der Waals surface area contributed by atoms with Crippen LogP contribution < -0.4 is 10.1 Å². The number of aliphatic hydroxyl groups excluding tert-OH is 1. The van der Waals surface area contributed by atoms with Gasteiger partial charge in [-0.15, -0.1) is 0 Å². The van der Waals surface area contributed by atoms with Crippen LogP contribution in [0.4, 0.5) is 0 Å². The van der Waals surface area contributed by atoms with Gasteiger partial charge in [0.1, 0.15) is 5.75 Å². The second-order valence-electron chi connectivity index (χ2n) is 4.85. The number of benzene rings is 2. The Morgan fingerprint density at radius 2 is 2.00 bits per heavy atom. The molecule has 1 unspecified atom stereocenters. The van der Waals surface area contributed by atoms with Gasteiger partial charge in [-0.1, -0.05) is 41.9 Å². The van der Waals surface area contributed by atoms with E-state index in [-0.39, 0.29) is 18.9 Å². The van der Waals surface area contributed by atoms with Crippen molar-refractivity contribution < 1.29 is 14.6 Å². The molecule has 22 heavy (non-hydrogen) atoms. The molecule has 0 aliphatic heterocycles. The molecule has 0 aliphatic rings. The molecule has 0 spiro atoms. The SMILES string of the molecule is COc1ccc(Cl)cc1CC(=O)NC(CO)c1ccccc1. The Bertz CT molecular complexity index is 631. The van der Waals surface area contributed by atoms with Gasteiger partial charge in [0.25, 0.3) is 0 Å². The van der Waals surface area contributed by atoms with Crippen LogP contribution in [-0.2, 0) is 11.2 Å². The first kappa shape index (κ1) is 16.3. The standard InChI is InChI=1S/C17H18ClNO3/c1-22-16-8-7-14(18)9-13(16)10-17(21)19-15(11-20)12-5-3-2-4-6-12/h2-9,15,20H,10-11H2,1H3,(H,19,21). The van der Waals surface area contributed by atoms with Crippen molar-refractivity contribution in [1.29, 1.82) is 0 Å². The van der Waals surface area contributed by atoms with Crippen LogP contribution in [0.3, 0.4) is 0 Å². The summed E-state index contributed by atoms with van der Waals surface area (Å²) in [7, 11) is 1.55. The number of rotatable bonds is 6. The predicted molar refractivity (Wildman–Crippen MR) is 86.1 cm³/mol. The highest BCUT2D eigenvalue weighted by molar-refractivity contribution is 6.30. The lowest BCUT2D eigenvalue weighted by molar-refractivity contribution is -0.121. The van der Waals surface area contributed by atoms with Gasteiger partial charge in [-0.25, -0.2) is 0 Å². The highest BCUT2D eigenvalue weighted by atomic mass is 35.5. The van der Waals surface area contributed by atoms with Crippen molar-refractivity contribution in [2.24, 2.45) is 0 Å². The number of nitrogens with one attached hydrogen (secondary N) is 1. The van der Waals surface area contributed by atoms with Crippen molar-refractivity contribution in [3.05, 3.63) is 64.7 Å². The lowest BCUT2D eigenvalue weighted by atomic mass is 10.1. The number of carbonyl (C=O) groups is 1. The predicted octanol–water partition coefficient (Wildman–Crippen LogP) is 2.74. The summed E-state index contributed by atoms with van der Waals surface area (Å²) in [5.41, 5.74) is 1.56. The van der Waals surface area contributed by atoms with Gasteiger partial charge >= 0.3 is 0 Å². The van der Waals surface area contributed by atoms with E-state index in [2.05, 4.69) is 5.32 Å². The second kappa shape index (κ2) is 7.82. The van der Waals surface area contributed by atoms with Crippen LogP contribution in [-0.4, -0.2) is 24.7 Å². The molecule has 0 saturated heterocycles. The van der Waals surface area contributed by atoms with E-state index in [0.717, 1.165) is 5.56 Å². The van der Waals surface area contributed by atoms with Gasteiger partial charge in [0.2, 0.25) is 5.91 Å². The molecule has 5 heteroatoms. The summed E-state index contributed by atoms with van der Waals surface area (Å²) < 4.78 is 5.23. The molecule has 0 aliphatic carbocycles. The molecular formula is C17H18ClNO3. The van der Waals surface area contributed by atoms with Gasteiger partial charge in [-0.3, -0.25) is 4.79 Å². The molecule has 0 saturated carbocycles. The lowest BCUT2D eigenvalue weighted by Gasteiger charge is -2.17. The van der Waals surface area contributed by atoms with E-state index in [4.69, 9.17) is 16.3 Å². The van der Waals surface area contributed by atoms with Crippen LogP contribution in [0, 0.1) is 0 Å². The van der Waals surface area contributed by atoms with Crippen molar-refractivity contribution in [2.75, 3.05) is 13.7 Å². The van der Waals surface area contributed by atoms with Crippen LogP contribution in [0.2, 0.25) is 5.02 Å². The number of amides is 1. The van der Waals surface area contributed by atoms with E-state index in [0.29, 0.717) is 16.3 Å². The Balaban J connectivity index is 2.08. The number of aliphatic hydroxyl groups is 1. The van der Waals surface area contributed by atoms with Crippen molar-refractivity contribution in [2.45, 2.75) is 12.5 Å². The summed E-state index contributed by atoms with van der Waals surface area (Å²) >= 11 is 5.96. The monoisotopic (exact) mass is 319 g/mol. The molecular weight excluding hydrogens is 302 g/mol.